The maximum atomic E-state index is 6.46. The Bertz CT molecular complexity index is 264. The van der Waals surface area contributed by atoms with Crippen LogP contribution in [0.1, 0.15) is 57.8 Å². The van der Waals surface area contributed by atoms with Crippen molar-refractivity contribution in [3.63, 3.8) is 0 Å². The first-order chi connectivity index (χ1) is 8.79. The van der Waals surface area contributed by atoms with E-state index in [1.54, 1.807) is 0 Å². The topological polar surface area (TPSA) is 44.5 Å². The van der Waals surface area contributed by atoms with Crippen molar-refractivity contribution >= 4 is 0 Å². The van der Waals surface area contributed by atoms with Crippen LogP contribution in [0.5, 0.6) is 0 Å². The van der Waals surface area contributed by atoms with Gasteiger partial charge in [-0.2, -0.15) is 0 Å². The third kappa shape index (κ3) is 2.59. The lowest BCUT2D eigenvalue weighted by Crippen LogP contribution is -2.49. The third-order valence-electron chi connectivity index (χ3n) is 5.23. The Morgan fingerprint density at radius 3 is 2.56 bits per heavy atom. The Balaban J connectivity index is 1.62. The molecular weight excluding hydrogens is 226 g/mol. The standard InChI is InChI=1S/C15H27NO2/c16-14(13-5-4-9-17-13)12-6-10-18-15(11-12)7-2-1-3-8-15/h12-14H,1-11,16H2. The molecule has 0 aromatic rings. The molecule has 3 rings (SSSR count). The molecule has 3 nitrogen and oxygen atoms in total. The average Bonchev–Trinajstić information content (AvgIpc) is 2.93. The molecule has 3 aliphatic rings. The number of nitrogens with two attached hydrogens (primary N) is 1. The SMILES string of the molecule is NC(C1CCOC2(CCCCC2)C1)C1CCCO1. The fraction of sp³-hybridized carbons (Fsp3) is 1.00. The van der Waals surface area contributed by atoms with Crippen molar-refractivity contribution in [2.75, 3.05) is 13.2 Å². The van der Waals surface area contributed by atoms with Gasteiger partial charge >= 0.3 is 0 Å². The first-order valence-corrected chi connectivity index (χ1v) is 7.80. The zero-order valence-electron chi connectivity index (χ0n) is 11.4. The minimum absolute atomic E-state index is 0.178. The molecule has 2 heterocycles. The average molecular weight is 253 g/mol. The normalized spacial score (nSPS) is 37.8. The Kier molecular flexibility index (Phi) is 3.92. The van der Waals surface area contributed by atoms with Crippen LogP contribution in [-0.2, 0) is 9.47 Å². The summed E-state index contributed by atoms with van der Waals surface area (Å²) in [5.41, 5.74) is 6.64. The molecule has 3 fully saturated rings. The third-order valence-corrected chi connectivity index (χ3v) is 5.23. The summed E-state index contributed by atoms with van der Waals surface area (Å²) in [6.07, 6.45) is 11.5. The maximum absolute atomic E-state index is 6.46. The number of rotatable bonds is 2. The van der Waals surface area contributed by atoms with E-state index in [1.165, 1.54) is 44.9 Å². The van der Waals surface area contributed by atoms with Gasteiger partial charge in [-0.15, -0.1) is 0 Å². The zero-order chi connectivity index (χ0) is 12.4. The van der Waals surface area contributed by atoms with Crippen molar-refractivity contribution in [1.29, 1.82) is 0 Å². The van der Waals surface area contributed by atoms with Gasteiger partial charge < -0.3 is 15.2 Å². The Morgan fingerprint density at radius 2 is 1.83 bits per heavy atom. The lowest BCUT2D eigenvalue weighted by Gasteiger charge is -2.45. The highest BCUT2D eigenvalue weighted by molar-refractivity contribution is 4.94. The Labute approximate surface area is 110 Å². The molecular formula is C15H27NO2. The summed E-state index contributed by atoms with van der Waals surface area (Å²) in [7, 11) is 0. The molecule has 2 N–H and O–H groups in total. The summed E-state index contributed by atoms with van der Waals surface area (Å²) in [4.78, 5) is 0. The van der Waals surface area contributed by atoms with Crippen molar-refractivity contribution in [3.05, 3.63) is 0 Å². The minimum Gasteiger partial charge on any atom is -0.377 e. The van der Waals surface area contributed by atoms with Crippen LogP contribution in [0.15, 0.2) is 0 Å². The summed E-state index contributed by atoms with van der Waals surface area (Å²) in [5.74, 6) is 0.611. The van der Waals surface area contributed by atoms with Gasteiger partial charge in [0, 0.05) is 19.3 Å². The van der Waals surface area contributed by atoms with Crippen molar-refractivity contribution in [2.45, 2.75) is 75.5 Å². The molecule has 2 aliphatic heterocycles. The molecule has 3 atom stereocenters. The van der Waals surface area contributed by atoms with Gasteiger partial charge in [0.15, 0.2) is 0 Å². The fourth-order valence-corrected chi connectivity index (χ4v) is 4.15. The van der Waals surface area contributed by atoms with Crippen LogP contribution in [0.25, 0.3) is 0 Å². The van der Waals surface area contributed by atoms with Crippen molar-refractivity contribution in [3.8, 4) is 0 Å². The van der Waals surface area contributed by atoms with Crippen LogP contribution in [0.4, 0.5) is 0 Å². The number of hydrogen-bond acceptors (Lipinski definition) is 3. The Morgan fingerprint density at radius 1 is 1.00 bits per heavy atom. The molecule has 104 valence electrons. The van der Waals surface area contributed by atoms with Gasteiger partial charge in [0.25, 0.3) is 0 Å². The van der Waals surface area contributed by atoms with Gasteiger partial charge in [-0.3, -0.25) is 0 Å². The van der Waals surface area contributed by atoms with Crippen LogP contribution >= 0.6 is 0 Å². The van der Waals surface area contributed by atoms with E-state index >= 15 is 0 Å². The first kappa shape index (κ1) is 12.9. The molecule has 2 saturated heterocycles. The van der Waals surface area contributed by atoms with Crippen molar-refractivity contribution in [1.82, 2.24) is 0 Å². The molecule has 0 radical (unpaired) electrons. The highest BCUT2D eigenvalue weighted by atomic mass is 16.5. The highest BCUT2D eigenvalue weighted by Gasteiger charge is 2.42. The second-order valence-corrected chi connectivity index (χ2v) is 6.47. The van der Waals surface area contributed by atoms with Crippen LogP contribution in [0.3, 0.4) is 0 Å². The number of ether oxygens (including phenoxy) is 2. The predicted octanol–water partition coefficient (Wildman–Crippen LogP) is 2.62. The van der Waals surface area contributed by atoms with Crippen LogP contribution < -0.4 is 5.73 Å². The van der Waals surface area contributed by atoms with Gasteiger partial charge in [-0.1, -0.05) is 19.3 Å². The summed E-state index contributed by atoms with van der Waals surface area (Å²) in [6.45, 7) is 1.82. The smallest absolute Gasteiger partial charge is 0.0729 e. The first-order valence-electron chi connectivity index (χ1n) is 7.80. The Hall–Kier alpha value is -0.120. The summed E-state index contributed by atoms with van der Waals surface area (Å²) in [5, 5.41) is 0. The quantitative estimate of drug-likeness (QED) is 0.822. The van der Waals surface area contributed by atoms with Gasteiger partial charge in [0.05, 0.1) is 11.7 Å². The zero-order valence-corrected chi connectivity index (χ0v) is 11.4. The van der Waals surface area contributed by atoms with Crippen LogP contribution in [0.2, 0.25) is 0 Å². The van der Waals surface area contributed by atoms with Crippen LogP contribution in [0, 0.1) is 5.92 Å². The van der Waals surface area contributed by atoms with Gasteiger partial charge in [-0.05, 0) is 44.4 Å². The second kappa shape index (κ2) is 5.48. The molecule has 3 unspecified atom stereocenters. The van der Waals surface area contributed by atoms with E-state index in [-0.39, 0.29) is 11.6 Å². The molecule has 0 amide bonds. The van der Waals surface area contributed by atoms with Gasteiger partial charge in [0.2, 0.25) is 0 Å². The van der Waals surface area contributed by atoms with E-state index in [9.17, 15) is 0 Å². The van der Waals surface area contributed by atoms with E-state index in [0.717, 1.165) is 26.1 Å². The van der Waals surface area contributed by atoms with E-state index in [4.69, 9.17) is 15.2 Å². The lowest BCUT2D eigenvalue weighted by molar-refractivity contribution is -0.125. The summed E-state index contributed by atoms with van der Waals surface area (Å²) in [6, 6.07) is 0.232. The van der Waals surface area contributed by atoms with Crippen LogP contribution in [-0.4, -0.2) is 31.0 Å². The van der Waals surface area contributed by atoms with E-state index in [1.807, 2.05) is 0 Å². The monoisotopic (exact) mass is 253 g/mol. The molecule has 3 heteroatoms. The minimum atomic E-state index is 0.178. The summed E-state index contributed by atoms with van der Waals surface area (Å²) >= 11 is 0. The molecule has 0 aromatic carbocycles. The molecule has 0 aromatic heterocycles. The molecule has 1 saturated carbocycles. The number of hydrogen-bond donors (Lipinski definition) is 1. The maximum Gasteiger partial charge on any atom is 0.0729 e. The largest absolute Gasteiger partial charge is 0.377 e. The van der Waals surface area contributed by atoms with E-state index in [0.29, 0.717) is 12.0 Å². The van der Waals surface area contributed by atoms with Gasteiger partial charge in [0.1, 0.15) is 0 Å². The van der Waals surface area contributed by atoms with E-state index < -0.39 is 0 Å². The predicted molar refractivity (Wildman–Crippen MR) is 71.4 cm³/mol. The highest BCUT2D eigenvalue weighted by Crippen LogP contribution is 2.42. The summed E-state index contributed by atoms with van der Waals surface area (Å²) < 4.78 is 11.9. The van der Waals surface area contributed by atoms with Crippen molar-refractivity contribution < 1.29 is 9.47 Å². The second-order valence-electron chi connectivity index (χ2n) is 6.47. The molecule has 18 heavy (non-hydrogen) atoms. The molecule has 0 bridgehead atoms. The molecule has 1 spiro atoms. The van der Waals surface area contributed by atoms with E-state index in [2.05, 4.69) is 0 Å². The van der Waals surface area contributed by atoms with Crippen molar-refractivity contribution in [2.24, 2.45) is 11.7 Å². The lowest BCUT2D eigenvalue weighted by atomic mass is 9.73. The molecule has 1 aliphatic carbocycles. The van der Waals surface area contributed by atoms with Gasteiger partial charge in [-0.25, -0.2) is 0 Å². The fourth-order valence-electron chi connectivity index (χ4n) is 4.15.